The maximum atomic E-state index is 12.9. The molecule has 0 aliphatic carbocycles. The molecule has 0 aromatic carbocycles. The molecule has 132 valence electrons. The molecule has 1 aliphatic rings. The highest BCUT2D eigenvalue weighted by atomic mass is 32.2. The van der Waals surface area contributed by atoms with Gasteiger partial charge in [-0.15, -0.1) is 10.2 Å². The topological polar surface area (TPSA) is 98.7 Å². The molecule has 1 fully saturated rings. The van der Waals surface area contributed by atoms with E-state index in [1.807, 2.05) is 13.8 Å². The molecule has 9 heteroatoms. The third kappa shape index (κ3) is 3.11. The van der Waals surface area contributed by atoms with Gasteiger partial charge in [0.05, 0.1) is 6.61 Å². The van der Waals surface area contributed by atoms with Crippen LogP contribution in [0.1, 0.15) is 49.2 Å². The smallest absolute Gasteiger partial charge is 0.246 e. The molecule has 1 saturated heterocycles. The van der Waals surface area contributed by atoms with Crippen molar-refractivity contribution < 1.29 is 22.0 Å². The third-order valence-corrected chi connectivity index (χ3v) is 5.84. The fourth-order valence-corrected chi connectivity index (χ4v) is 4.25. The lowest BCUT2D eigenvalue weighted by atomic mass is 10.2. The highest BCUT2D eigenvalue weighted by Crippen LogP contribution is 2.29. The Bertz CT molecular complexity index is 824. The summed E-state index contributed by atoms with van der Waals surface area (Å²) in [6.45, 7) is 7.92. The van der Waals surface area contributed by atoms with Crippen LogP contribution in [0.3, 0.4) is 0 Å². The zero-order valence-corrected chi connectivity index (χ0v) is 15.0. The van der Waals surface area contributed by atoms with Gasteiger partial charge >= 0.3 is 0 Å². The number of ether oxygens (including phenoxy) is 1. The first kappa shape index (κ1) is 17.1. The Balaban J connectivity index is 1.83. The van der Waals surface area contributed by atoms with Gasteiger partial charge in [0.15, 0.2) is 0 Å². The van der Waals surface area contributed by atoms with Crippen LogP contribution >= 0.6 is 0 Å². The van der Waals surface area contributed by atoms with E-state index < -0.39 is 16.1 Å². The molecule has 0 amide bonds. The fraction of sp³-hybridized carbons (Fsp3) is 0.600. The van der Waals surface area contributed by atoms with Gasteiger partial charge in [0.25, 0.3) is 0 Å². The maximum Gasteiger partial charge on any atom is 0.246 e. The maximum absolute atomic E-state index is 12.9. The van der Waals surface area contributed by atoms with E-state index in [2.05, 4.69) is 10.2 Å². The van der Waals surface area contributed by atoms with Crippen molar-refractivity contribution in [2.45, 2.75) is 44.6 Å². The molecule has 0 bridgehead atoms. The molecule has 8 nitrogen and oxygen atoms in total. The van der Waals surface area contributed by atoms with E-state index in [1.165, 1.54) is 4.31 Å². The SMILES string of the molecule is Cc1cc(S(=O)(=O)N2CCO[C@@H](c3nnc(C(C)C)o3)C2)c(C)o1. The zero-order chi connectivity index (χ0) is 17.5. The second kappa shape index (κ2) is 6.30. The lowest BCUT2D eigenvalue weighted by Crippen LogP contribution is -2.42. The normalized spacial score (nSPS) is 20.0. The molecule has 0 unspecified atom stereocenters. The van der Waals surface area contributed by atoms with Crippen LogP contribution in [0.2, 0.25) is 0 Å². The average molecular weight is 355 g/mol. The van der Waals surface area contributed by atoms with Crippen LogP contribution in [0.25, 0.3) is 0 Å². The predicted octanol–water partition coefficient (Wildman–Crippen LogP) is 2.17. The minimum Gasteiger partial charge on any atom is -0.465 e. The number of aryl methyl sites for hydroxylation is 2. The van der Waals surface area contributed by atoms with E-state index >= 15 is 0 Å². The van der Waals surface area contributed by atoms with E-state index in [0.29, 0.717) is 23.3 Å². The highest BCUT2D eigenvalue weighted by Gasteiger charge is 2.35. The first-order chi connectivity index (χ1) is 11.3. The molecule has 0 spiro atoms. The van der Waals surface area contributed by atoms with Crippen LogP contribution in [0.15, 0.2) is 19.8 Å². The van der Waals surface area contributed by atoms with Gasteiger partial charge in [0, 0.05) is 19.0 Å². The number of sulfonamides is 1. The second-order valence-electron chi connectivity index (χ2n) is 6.13. The van der Waals surface area contributed by atoms with Crippen molar-refractivity contribution >= 4 is 10.0 Å². The van der Waals surface area contributed by atoms with Gasteiger partial charge in [-0.25, -0.2) is 8.42 Å². The first-order valence-corrected chi connectivity index (χ1v) is 9.25. The van der Waals surface area contributed by atoms with Crippen molar-refractivity contribution in [3.05, 3.63) is 29.4 Å². The Kier molecular flexibility index (Phi) is 4.50. The van der Waals surface area contributed by atoms with Crippen molar-refractivity contribution in [2.24, 2.45) is 0 Å². The van der Waals surface area contributed by atoms with E-state index in [4.69, 9.17) is 13.6 Å². The van der Waals surface area contributed by atoms with Crippen molar-refractivity contribution in [1.82, 2.24) is 14.5 Å². The number of nitrogens with zero attached hydrogens (tertiary/aromatic N) is 3. The molecule has 0 saturated carbocycles. The molecule has 0 radical (unpaired) electrons. The van der Waals surface area contributed by atoms with Gasteiger partial charge < -0.3 is 13.6 Å². The monoisotopic (exact) mass is 355 g/mol. The third-order valence-electron chi connectivity index (χ3n) is 3.87. The molecule has 24 heavy (non-hydrogen) atoms. The van der Waals surface area contributed by atoms with E-state index in [9.17, 15) is 8.42 Å². The Morgan fingerprint density at radius 3 is 2.58 bits per heavy atom. The Labute approximate surface area is 140 Å². The van der Waals surface area contributed by atoms with Crippen LogP contribution in [-0.4, -0.2) is 42.6 Å². The van der Waals surface area contributed by atoms with Crippen molar-refractivity contribution in [2.75, 3.05) is 19.7 Å². The van der Waals surface area contributed by atoms with Crippen LogP contribution in [-0.2, 0) is 14.8 Å². The molecule has 2 aromatic heterocycles. The van der Waals surface area contributed by atoms with Crippen molar-refractivity contribution in [3.63, 3.8) is 0 Å². The minimum absolute atomic E-state index is 0.103. The standard InChI is InChI=1S/C15H21N3O5S/c1-9(2)14-16-17-15(23-14)12-8-18(5-6-21-12)24(19,20)13-7-10(3)22-11(13)4/h7,9,12H,5-6,8H2,1-4H3/t12-/m1/s1. The molecule has 3 rings (SSSR count). The zero-order valence-electron chi connectivity index (χ0n) is 14.1. The van der Waals surface area contributed by atoms with Crippen molar-refractivity contribution in [3.8, 4) is 0 Å². The summed E-state index contributed by atoms with van der Waals surface area (Å²) in [5, 5.41) is 7.96. The van der Waals surface area contributed by atoms with E-state index in [-0.39, 0.29) is 30.5 Å². The van der Waals surface area contributed by atoms with Crippen LogP contribution in [0, 0.1) is 13.8 Å². The number of aromatic nitrogens is 2. The number of morpholine rings is 1. The summed E-state index contributed by atoms with van der Waals surface area (Å²) in [6, 6.07) is 1.54. The molecule has 0 N–H and O–H groups in total. The van der Waals surface area contributed by atoms with Crippen LogP contribution in [0.4, 0.5) is 0 Å². The number of rotatable bonds is 4. The summed E-state index contributed by atoms with van der Waals surface area (Å²) in [7, 11) is -3.65. The first-order valence-electron chi connectivity index (χ1n) is 7.81. The summed E-state index contributed by atoms with van der Waals surface area (Å²) < 4.78 is 43.7. The van der Waals surface area contributed by atoms with Gasteiger partial charge in [0.1, 0.15) is 22.5 Å². The molecule has 3 heterocycles. The summed E-state index contributed by atoms with van der Waals surface area (Å²) in [5.41, 5.74) is 0. The number of hydrogen-bond donors (Lipinski definition) is 0. The molecule has 2 aromatic rings. The van der Waals surface area contributed by atoms with Crippen LogP contribution in [0.5, 0.6) is 0 Å². The molecular weight excluding hydrogens is 334 g/mol. The van der Waals surface area contributed by atoms with Gasteiger partial charge in [-0.2, -0.15) is 4.31 Å². The Morgan fingerprint density at radius 2 is 2.00 bits per heavy atom. The van der Waals surface area contributed by atoms with Gasteiger partial charge in [-0.1, -0.05) is 13.8 Å². The lowest BCUT2D eigenvalue weighted by Gasteiger charge is -2.30. The fourth-order valence-electron chi connectivity index (χ4n) is 2.61. The summed E-state index contributed by atoms with van der Waals surface area (Å²) in [4.78, 5) is 0.189. The molecular formula is C15H21N3O5S. The van der Waals surface area contributed by atoms with Gasteiger partial charge in [-0.05, 0) is 19.9 Å². The van der Waals surface area contributed by atoms with Crippen molar-refractivity contribution in [1.29, 1.82) is 0 Å². The summed E-state index contributed by atoms with van der Waals surface area (Å²) >= 11 is 0. The predicted molar refractivity (Wildman–Crippen MR) is 84.0 cm³/mol. The second-order valence-corrected chi connectivity index (χ2v) is 8.04. The van der Waals surface area contributed by atoms with Gasteiger partial charge in [-0.3, -0.25) is 0 Å². The van der Waals surface area contributed by atoms with Crippen LogP contribution < -0.4 is 0 Å². The molecule has 1 aliphatic heterocycles. The lowest BCUT2D eigenvalue weighted by molar-refractivity contribution is -0.0179. The Morgan fingerprint density at radius 1 is 1.25 bits per heavy atom. The number of hydrogen-bond acceptors (Lipinski definition) is 7. The van der Waals surface area contributed by atoms with Gasteiger partial charge in [0.2, 0.25) is 21.8 Å². The minimum atomic E-state index is -3.65. The molecule has 1 atom stereocenters. The largest absolute Gasteiger partial charge is 0.465 e. The Hall–Kier alpha value is -1.71. The van der Waals surface area contributed by atoms with E-state index in [1.54, 1.807) is 19.9 Å². The number of furan rings is 1. The summed E-state index contributed by atoms with van der Waals surface area (Å²) in [5.74, 6) is 1.87. The van der Waals surface area contributed by atoms with E-state index in [0.717, 1.165) is 0 Å². The highest BCUT2D eigenvalue weighted by molar-refractivity contribution is 7.89. The quantitative estimate of drug-likeness (QED) is 0.828. The average Bonchev–Trinajstić information content (AvgIpc) is 3.14. The summed E-state index contributed by atoms with van der Waals surface area (Å²) in [6.07, 6.45) is -0.568.